The van der Waals surface area contributed by atoms with Gasteiger partial charge in [-0.15, -0.1) is 0 Å². The molecule has 1 fully saturated rings. The predicted molar refractivity (Wildman–Crippen MR) is 147 cm³/mol. The van der Waals surface area contributed by atoms with Gasteiger partial charge in [0.2, 0.25) is 0 Å². The first kappa shape index (κ1) is 26.2. The van der Waals surface area contributed by atoms with E-state index in [1.807, 2.05) is 50.2 Å². The molecule has 5 nitrogen and oxygen atoms in total. The van der Waals surface area contributed by atoms with Gasteiger partial charge in [0.1, 0.15) is 5.75 Å². The van der Waals surface area contributed by atoms with Crippen molar-refractivity contribution in [2.75, 3.05) is 33.2 Å². The van der Waals surface area contributed by atoms with Crippen molar-refractivity contribution in [1.82, 2.24) is 15.1 Å². The lowest BCUT2D eigenvalue weighted by Crippen LogP contribution is -2.44. The molecule has 1 aliphatic heterocycles. The molecule has 2 atom stereocenters. The van der Waals surface area contributed by atoms with Crippen molar-refractivity contribution in [3.05, 3.63) is 88.4 Å². The van der Waals surface area contributed by atoms with E-state index in [0.717, 1.165) is 65.7 Å². The summed E-state index contributed by atoms with van der Waals surface area (Å²) in [4.78, 5) is 17.8. The van der Waals surface area contributed by atoms with Gasteiger partial charge in [-0.3, -0.25) is 9.69 Å². The Morgan fingerprint density at radius 1 is 0.944 bits per heavy atom. The third-order valence-electron chi connectivity index (χ3n) is 6.84. The maximum Gasteiger partial charge on any atom is 0.261 e. The van der Waals surface area contributed by atoms with Crippen LogP contribution in [0.5, 0.6) is 5.75 Å². The van der Waals surface area contributed by atoms with Crippen LogP contribution in [0.3, 0.4) is 0 Å². The summed E-state index contributed by atoms with van der Waals surface area (Å²) >= 11 is 6.10. The highest BCUT2D eigenvalue weighted by atomic mass is 35.5. The van der Waals surface area contributed by atoms with E-state index in [2.05, 4.69) is 59.4 Å². The minimum absolute atomic E-state index is 0.0961. The standard InChI is InChI=1S/C30H36ClN3O2/c1-21-5-7-24(8-6-21)22(2)32-30(35)23(3)36-29-14-11-26(25-9-12-28(31)13-10-25)19-27(29)20-34-17-15-33(4)16-18-34/h5-14,19,22-23H,15-18,20H2,1-4H3,(H,32,35)/t22-,23?/m1/s1. The Balaban J connectivity index is 1.50. The summed E-state index contributed by atoms with van der Waals surface area (Å²) in [5, 5.41) is 3.81. The number of carbonyl (C=O) groups is 1. The Morgan fingerprint density at radius 3 is 2.25 bits per heavy atom. The number of rotatable bonds is 8. The predicted octanol–water partition coefficient (Wildman–Crippen LogP) is 5.71. The van der Waals surface area contributed by atoms with Gasteiger partial charge in [-0.2, -0.15) is 0 Å². The van der Waals surface area contributed by atoms with Crippen molar-refractivity contribution >= 4 is 17.5 Å². The van der Waals surface area contributed by atoms with Gasteiger partial charge in [-0.05, 0) is 68.8 Å². The summed E-state index contributed by atoms with van der Waals surface area (Å²) in [6.45, 7) is 10.7. The molecule has 0 bridgehead atoms. The SMILES string of the molecule is Cc1ccc([C@@H](C)NC(=O)C(C)Oc2ccc(-c3ccc(Cl)cc3)cc2CN2CCN(C)CC2)cc1. The number of benzene rings is 3. The normalized spacial score (nSPS) is 16.4. The number of hydrogen-bond acceptors (Lipinski definition) is 4. The molecule has 4 rings (SSSR count). The summed E-state index contributed by atoms with van der Waals surface area (Å²) in [6.07, 6.45) is -0.620. The molecule has 3 aromatic carbocycles. The van der Waals surface area contributed by atoms with Gasteiger partial charge in [0.25, 0.3) is 5.91 Å². The molecular weight excluding hydrogens is 470 g/mol. The Morgan fingerprint density at radius 2 is 1.58 bits per heavy atom. The lowest BCUT2D eigenvalue weighted by molar-refractivity contribution is -0.127. The number of carbonyl (C=O) groups excluding carboxylic acids is 1. The number of nitrogens with zero attached hydrogens (tertiary/aromatic N) is 2. The number of halogens is 1. The number of likely N-dealkylation sites (N-methyl/N-ethyl adjacent to an activating group) is 1. The Bertz CT molecular complexity index is 1160. The molecule has 0 radical (unpaired) electrons. The molecule has 3 aromatic rings. The Kier molecular flexibility index (Phi) is 8.68. The lowest BCUT2D eigenvalue weighted by Gasteiger charge is -2.33. The van der Waals surface area contributed by atoms with Crippen molar-refractivity contribution in [2.24, 2.45) is 0 Å². The highest BCUT2D eigenvalue weighted by Gasteiger charge is 2.21. The van der Waals surface area contributed by atoms with Crippen LogP contribution in [0.4, 0.5) is 0 Å². The van der Waals surface area contributed by atoms with Crippen LogP contribution in [0, 0.1) is 6.92 Å². The van der Waals surface area contributed by atoms with Gasteiger partial charge in [0.05, 0.1) is 6.04 Å². The smallest absolute Gasteiger partial charge is 0.261 e. The van der Waals surface area contributed by atoms with E-state index >= 15 is 0 Å². The highest BCUT2D eigenvalue weighted by Crippen LogP contribution is 2.30. The maximum absolute atomic E-state index is 13.0. The highest BCUT2D eigenvalue weighted by molar-refractivity contribution is 6.30. The molecular formula is C30H36ClN3O2. The zero-order valence-corrected chi connectivity index (χ0v) is 22.4. The zero-order valence-electron chi connectivity index (χ0n) is 21.6. The van der Waals surface area contributed by atoms with E-state index in [-0.39, 0.29) is 11.9 Å². The van der Waals surface area contributed by atoms with Crippen LogP contribution in [0.1, 0.15) is 36.6 Å². The molecule has 1 aliphatic rings. The Hall–Kier alpha value is -2.86. The summed E-state index contributed by atoms with van der Waals surface area (Å²) < 4.78 is 6.27. The molecule has 0 spiro atoms. The number of piperazine rings is 1. The fourth-order valence-electron chi connectivity index (χ4n) is 4.40. The molecule has 0 aromatic heterocycles. The monoisotopic (exact) mass is 505 g/mol. The summed E-state index contributed by atoms with van der Waals surface area (Å²) in [5.74, 6) is 0.618. The first-order valence-corrected chi connectivity index (χ1v) is 13.0. The van der Waals surface area contributed by atoms with Crippen LogP contribution in [0.15, 0.2) is 66.7 Å². The average molecular weight is 506 g/mol. The fraction of sp³-hybridized carbons (Fsp3) is 0.367. The van der Waals surface area contributed by atoms with Gasteiger partial charge in [0, 0.05) is 43.3 Å². The molecule has 1 heterocycles. The number of nitrogens with one attached hydrogen (secondary N) is 1. The quantitative estimate of drug-likeness (QED) is 0.426. The molecule has 190 valence electrons. The van der Waals surface area contributed by atoms with Crippen molar-refractivity contribution in [3.8, 4) is 16.9 Å². The molecule has 1 unspecified atom stereocenters. The third-order valence-corrected chi connectivity index (χ3v) is 7.09. The van der Waals surface area contributed by atoms with E-state index in [1.165, 1.54) is 5.56 Å². The van der Waals surface area contributed by atoms with Crippen LogP contribution < -0.4 is 10.1 Å². The van der Waals surface area contributed by atoms with Crippen LogP contribution >= 0.6 is 11.6 Å². The van der Waals surface area contributed by atoms with E-state index in [0.29, 0.717) is 0 Å². The van der Waals surface area contributed by atoms with Crippen molar-refractivity contribution in [1.29, 1.82) is 0 Å². The molecule has 36 heavy (non-hydrogen) atoms. The number of hydrogen-bond donors (Lipinski definition) is 1. The zero-order chi connectivity index (χ0) is 25.7. The largest absolute Gasteiger partial charge is 0.481 e. The van der Waals surface area contributed by atoms with Gasteiger partial charge >= 0.3 is 0 Å². The Labute approximate surface area is 220 Å². The first-order valence-electron chi connectivity index (χ1n) is 12.6. The molecule has 1 amide bonds. The molecule has 1 N–H and O–H groups in total. The average Bonchev–Trinajstić information content (AvgIpc) is 2.87. The van der Waals surface area contributed by atoms with E-state index in [9.17, 15) is 4.79 Å². The molecule has 1 saturated heterocycles. The van der Waals surface area contributed by atoms with E-state index in [4.69, 9.17) is 16.3 Å². The number of aryl methyl sites for hydroxylation is 1. The van der Waals surface area contributed by atoms with E-state index in [1.54, 1.807) is 0 Å². The lowest BCUT2D eigenvalue weighted by atomic mass is 10.0. The fourth-order valence-corrected chi connectivity index (χ4v) is 4.53. The van der Waals surface area contributed by atoms with Gasteiger partial charge in [-0.1, -0.05) is 59.6 Å². The van der Waals surface area contributed by atoms with Gasteiger partial charge in [0.15, 0.2) is 6.10 Å². The summed E-state index contributed by atoms with van der Waals surface area (Å²) in [7, 11) is 2.16. The first-order chi connectivity index (χ1) is 17.3. The van der Waals surface area contributed by atoms with E-state index < -0.39 is 6.10 Å². The van der Waals surface area contributed by atoms with Gasteiger partial charge < -0.3 is 15.0 Å². The second kappa shape index (κ2) is 11.9. The number of amides is 1. The van der Waals surface area contributed by atoms with Crippen LogP contribution in [0.25, 0.3) is 11.1 Å². The summed E-state index contributed by atoms with van der Waals surface area (Å²) in [6, 6.07) is 22.2. The molecule has 6 heteroatoms. The minimum atomic E-state index is -0.620. The third kappa shape index (κ3) is 6.88. The van der Waals surface area contributed by atoms with Gasteiger partial charge in [-0.25, -0.2) is 0 Å². The van der Waals surface area contributed by atoms with Crippen molar-refractivity contribution in [2.45, 2.75) is 39.5 Å². The second-order valence-electron chi connectivity index (χ2n) is 9.81. The molecule has 0 aliphatic carbocycles. The minimum Gasteiger partial charge on any atom is -0.481 e. The molecule has 0 saturated carbocycles. The van der Waals surface area contributed by atoms with Crippen LogP contribution in [-0.2, 0) is 11.3 Å². The maximum atomic E-state index is 13.0. The topological polar surface area (TPSA) is 44.8 Å². The van der Waals surface area contributed by atoms with Crippen molar-refractivity contribution < 1.29 is 9.53 Å². The van der Waals surface area contributed by atoms with Crippen LogP contribution in [-0.4, -0.2) is 55.0 Å². The second-order valence-corrected chi connectivity index (χ2v) is 10.2. The summed E-state index contributed by atoms with van der Waals surface area (Å²) in [5.41, 5.74) is 5.56. The number of ether oxygens (including phenoxy) is 1. The van der Waals surface area contributed by atoms with Crippen LogP contribution in [0.2, 0.25) is 5.02 Å². The van der Waals surface area contributed by atoms with Crippen molar-refractivity contribution in [3.63, 3.8) is 0 Å².